The molecule has 0 radical (unpaired) electrons. The highest BCUT2D eigenvalue weighted by atomic mass is 35.5. The normalized spacial score (nSPS) is 11.2. The molecule has 2 aromatic heterocycles. The second-order valence-corrected chi connectivity index (χ2v) is 4.00. The Morgan fingerprint density at radius 2 is 2.30 bits per heavy atom. The first-order valence-electron chi connectivity index (χ1n) is 5.55. The van der Waals surface area contributed by atoms with E-state index in [4.69, 9.17) is 31.6 Å². The largest absolute Gasteiger partial charge is 0.479 e. The second-order valence-electron chi connectivity index (χ2n) is 3.66. The van der Waals surface area contributed by atoms with Crippen LogP contribution in [0, 0.1) is 0 Å². The Morgan fingerprint density at radius 1 is 1.50 bits per heavy atom. The number of aliphatic hydroxyl groups is 1. The summed E-state index contributed by atoms with van der Waals surface area (Å²) in [6, 6.07) is 0. The van der Waals surface area contributed by atoms with E-state index in [1.165, 1.54) is 19.6 Å². The molecule has 2 aromatic rings. The van der Waals surface area contributed by atoms with Gasteiger partial charge in [-0.05, 0) is 11.6 Å². The van der Waals surface area contributed by atoms with Gasteiger partial charge in [0.2, 0.25) is 17.1 Å². The van der Waals surface area contributed by atoms with E-state index in [2.05, 4.69) is 19.9 Å². The molecule has 0 saturated carbocycles. The first kappa shape index (κ1) is 14.2. The van der Waals surface area contributed by atoms with Gasteiger partial charge in [0.05, 0.1) is 13.7 Å². The number of rotatable bonds is 5. The Balaban J connectivity index is 2.13. The summed E-state index contributed by atoms with van der Waals surface area (Å²) in [7, 11) is 1.43. The minimum Gasteiger partial charge on any atom is -0.479 e. The van der Waals surface area contributed by atoms with Gasteiger partial charge in [-0.2, -0.15) is 4.98 Å². The molecule has 2 rings (SSSR count). The molecule has 0 bridgehead atoms. The smallest absolute Gasteiger partial charge is 0.242 e. The number of halogens is 1. The lowest BCUT2D eigenvalue weighted by Gasteiger charge is -2.05. The molecular weight excluding hydrogens is 286 g/mol. The number of methoxy groups -OCH3 is 1. The van der Waals surface area contributed by atoms with E-state index in [9.17, 15) is 0 Å². The van der Waals surface area contributed by atoms with Crippen LogP contribution in [0.15, 0.2) is 15.7 Å². The van der Waals surface area contributed by atoms with E-state index in [1.54, 1.807) is 0 Å². The number of aliphatic hydroxyl groups excluding tert-OH is 1. The predicted molar refractivity (Wildman–Crippen MR) is 71.7 cm³/mol. The van der Waals surface area contributed by atoms with Gasteiger partial charge in [0.1, 0.15) is 29.9 Å². The minimum atomic E-state index is -0.255. The van der Waals surface area contributed by atoms with Gasteiger partial charge >= 0.3 is 0 Å². The van der Waals surface area contributed by atoms with Crippen molar-refractivity contribution in [2.24, 2.45) is 4.99 Å². The van der Waals surface area contributed by atoms with Crippen molar-refractivity contribution in [1.29, 1.82) is 0 Å². The van der Waals surface area contributed by atoms with E-state index >= 15 is 0 Å². The summed E-state index contributed by atoms with van der Waals surface area (Å²) in [5.74, 6) is 0.428. The molecule has 0 aliphatic rings. The fraction of sp³-hybridized carbons (Fsp3) is 0.273. The van der Waals surface area contributed by atoms with Crippen LogP contribution in [0.25, 0.3) is 0 Å². The monoisotopic (exact) mass is 297 g/mol. The van der Waals surface area contributed by atoms with Gasteiger partial charge in [-0.3, -0.25) is 4.99 Å². The Hall–Kier alpha value is -2.19. The maximum atomic E-state index is 8.82. The fourth-order valence-corrected chi connectivity index (χ4v) is 1.58. The number of aromatic nitrogens is 3. The van der Waals surface area contributed by atoms with E-state index in [-0.39, 0.29) is 35.9 Å². The second kappa shape index (κ2) is 6.31. The molecule has 0 aliphatic carbocycles. The van der Waals surface area contributed by atoms with Crippen molar-refractivity contribution in [3.05, 3.63) is 28.8 Å². The van der Waals surface area contributed by atoms with Crippen molar-refractivity contribution in [2.45, 2.75) is 13.2 Å². The number of anilines is 1. The molecule has 0 atom stereocenters. The van der Waals surface area contributed by atoms with Crippen molar-refractivity contribution < 1.29 is 14.3 Å². The molecule has 0 aliphatic heterocycles. The molecule has 0 saturated heterocycles. The van der Waals surface area contributed by atoms with Crippen LogP contribution in [-0.2, 0) is 13.2 Å². The molecule has 0 fully saturated rings. The van der Waals surface area contributed by atoms with E-state index in [0.29, 0.717) is 11.4 Å². The molecule has 2 heterocycles. The number of nitrogen functional groups attached to an aromatic ring is 1. The van der Waals surface area contributed by atoms with Gasteiger partial charge in [0.25, 0.3) is 0 Å². The van der Waals surface area contributed by atoms with E-state index in [1.807, 2.05) is 0 Å². The van der Waals surface area contributed by atoms with Crippen LogP contribution in [0.1, 0.15) is 17.3 Å². The number of oxazole rings is 1. The highest BCUT2D eigenvalue weighted by molar-refractivity contribution is 6.28. The van der Waals surface area contributed by atoms with Crippen molar-refractivity contribution in [3.8, 4) is 5.88 Å². The fourth-order valence-electron chi connectivity index (χ4n) is 1.41. The Labute approximate surface area is 119 Å². The Morgan fingerprint density at radius 3 is 2.95 bits per heavy atom. The molecule has 9 heteroatoms. The SMILES string of the molecule is COc1nc(Cl)nc(C=NCc2coc(CO)n2)c1N. The third kappa shape index (κ3) is 3.22. The number of hydrogen-bond donors (Lipinski definition) is 2. The highest BCUT2D eigenvalue weighted by Gasteiger charge is 2.09. The lowest BCUT2D eigenvalue weighted by Crippen LogP contribution is -2.03. The summed E-state index contributed by atoms with van der Waals surface area (Å²) in [6.45, 7) is 0.00224. The first-order valence-corrected chi connectivity index (χ1v) is 5.92. The van der Waals surface area contributed by atoms with Gasteiger partial charge in [-0.1, -0.05) is 0 Å². The lowest BCUT2D eigenvalue weighted by molar-refractivity contribution is 0.240. The average molecular weight is 298 g/mol. The van der Waals surface area contributed by atoms with Crippen molar-refractivity contribution in [2.75, 3.05) is 12.8 Å². The summed E-state index contributed by atoms with van der Waals surface area (Å²) in [4.78, 5) is 15.9. The van der Waals surface area contributed by atoms with Crippen LogP contribution in [-0.4, -0.2) is 33.4 Å². The van der Waals surface area contributed by atoms with Crippen molar-refractivity contribution >= 4 is 23.5 Å². The topological polar surface area (TPSA) is 120 Å². The van der Waals surface area contributed by atoms with Gasteiger partial charge in [0.15, 0.2) is 0 Å². The molecule has 0 amide bonds. The summed E-state index contributed by atoms with van der Waals surface area (Å²) in [5.41, 5.74) is 6.98. The molecule has 3 N–H and O–H groups in total. The number of nitrogens with two attached hydrogens (primary N) is 1. The summed E-state index contributed by atoms with van der Waals surface area (Å²) >= 11 is 5.74. The number of hydrogen-bond acceptors (Lipinski definition) is 8. The summed E-state index contributed by atoms with van der Waals surface area (Å²) in [5, 5.41) is 8.84. The zero-order valence-corrected chi connectivity index (χ0v) is 11.3. The van der Waals surface area contributed by atoms with Gasteiger partial charge in [0, 0.05) is 6.21 Å². The average Bonchev–Trinajstić information content (AvgIpc) is 2.90. The summed E-state index contributed by atoms with van der Waals surface area (Å²) in [6.07, 6.45) is 2.86. The van der Waals surface area contributed by atoms with Crippen molar-refractivity contribution in [1.82, 2.24) is 15.0 Å². The van der Waals surface area contributed by atoms with Gasteiger partial charge in [-0.25, -0.2) is 9.97 Å². The first-order chi connectivity index (χ1) is 9.63. The highest BCUT2D eigenvalue weighted by Crippen LogP contribution is 2.21. The third-order valence-electron chi connectivity index (χ3n) is 2.31. The maximum Gasteiger partial charge on any atom is 0.242 e. The van der Waals surface area contributed by atoms with Crippen molar-refractivity contribution in [3.63, 3.8) is 0 Å². The van der Waals surface area contributed by atoms with E-state index < -0.39 is 0 Å². The number of ether oxygens (including phenoxy) is 1. The van der Waals surface area contributed by atoms with Crippen LogP contribution < -0.4 is 10.5 Å². The van der Waals surface area contributed by atoms with Gasteiger partial charge < -0.3 is 20.0 Å². The quantitative estimate of drug-likeness (QED) is 0.619. The molecule has 0 unspecified atom stereocenters. The van der Waals surface area contributed by atoms with Crippen LogP contribution in [0.2, 0.25) is 5.28 Å². The van der Waals surface area contributed by atoms with E-state index in [0.717, 1.165) is 0 Å². The van der Waals surface area contributed by atoms with Crippen LogP contribution >= 0.6 is 11.6 Å². The van der Waals surface area contributed by atoms with Crippen LogP contribution in [0.3, 0.4) is 0 Å². The summed E-state index contributed by atoms with van der Waals surface area (Å²) < 4.78 is 9.94. The zero-order valence-electron chi connectivity index (χ0n) is 10.6. The molecular formula is C11H12ClN5O3. The number of nitrogens with zero attached hydrogens (tertiary/aromatic N) is 4. The third-order valence-corrected chi connectivity index (χ3v) is 2.48. The lowest BCUT2D eigenvalue weighted by atomic mass is 10.3. The number of aliphatic imine (C=N–C) groups is 1. The molecule has 8 nitrogen and oxygen atoms in total. The molecule has 0 spiro atoms. The Kier molecular flexibility index (Phi) is 4.49. The van der Waals surface area contributed by atoms with Gasteiger partial charge in [-0.15, -0.1) is 0 Å². The van der Waals surface area contributed by atoms with Crippen LogP contribution in [0.5, 0.6) is 5.88 Å². The molecule has 20 heavy (non-hydrogen) atoms. The Bertz CT molecular complexity index is 629. The predicted octanol–water partition coefficient (Wildman–Crippen LogP) is 0.820. The standard InChI is InChI=1S/C11H12ClN5O3/c1-19-10-9(13)7(16-11(12)17-10)3-14-2-6-5-20-8(4-18)15-6/h3,5,18H,2,4,13H2,1H3. The minimum absolute atomic E-state index is 0.0153. The maximum absolute atomic E-state index is 8.82. The zero-order chi connectivity index (χ0) is 14.5. The molecule has 0 aromatic carbocycles. The molecule has 106 valence electrons. The van der Waals surface area contributed by atoms with Crippen LogP contribution in [0.4, 0.5) is 5.69 Å².